The number of aromatic nitrogens is 2. The first kappa shape index (κ1) is 26.6. The van der Waals surface area contributed by atoms with Crippen LogP contribution in [0.5, 0.6) is 0 Å². The van der Waals surface area contributed by atoms with Gasteiger partial charge in [-0.3, -0.25) is 9.20 Å². The van der Waals surface area contributed by atoms with E-state index in [1.807, 2.05) is 30.5 Å². The SMILES string of the molecule is Cl.Cl.O=C(NCCCCN1CCC(Cc2ccccc2)CC1)C1=Cc2cnc3cccc(n23)S1. The summed E-state index contributed by atoms with van der Waals surface area (Å²) in [5.41, 5.74) is 3.36. The largest absolute Gasteiger partial charge is 0.352 e. The number of nitrogens with one attached hydrogen (secondary N) is 1. The fourth-order valence-electron chi connectivity index (χ4n) is 4.71. The first-order chi connectivity index (χ1) is 15.8. The Morgan fingerprint density at radius 3 is 2.62 bits per heavy atom. The third kappa shape index (κ3) is 6.36. The van der Waals surface area contributed by atoms with E-state index in [0.29, 0.717) is 0 Å². The van der Waals surface area contributed by atoms with Crippen LogP contribution in [0.1, 0.15) is 36.9 Å². The van der Waals surface area contributed by atoms with Crippen molar-refractivity contribution in [1.29, 1.82) is 0 Å². The van der Waals surface area contributed by atoms with E-state index in [4.69, 9.17) is 0 Å². The summed E-state index contributed by atoms with van der Waals surface area (Å²) < 4.78 is 2.09. The molecule has 2 aromatic heterocycles. The molecule has 8 heteroatoms. The van der Waals surface area contributed by atoms with Crippen LogP contribution >= 0.6 is 36.6 Å². The van der Waals surface area contributed by atoms with Crippen LogP contribution in [0.15, 0.2) is 64.7 Å². The number of imidazole rings is 1. The van der Waals surface area contributed by atoms with Gasteiger partial charge in [-0.05, 0) is 81.4 Å². The predicted molar refractivity (Wildman–Crippen MR) is 145 cm³/mol. The van der Waals surface area contributed by atoms with Crippen LogP contribution in [0.3, 0.4) is 0 Å². The standard InChI is InChI=1S/C26H30N4OS.2ClH/c31-26(23-18-22-19-28-24-9-6-10-25(32-23)30(22)24)27-13-4-5-14-29-15-11-21(12-16-29)17-20-7-2-1-3-8-20;;/h1-3,6-10,18-19,21H,4-5,11-17H2,(H,27,31);2*1H. The van der Waals surface area contributed by atoms with Crippen LogP contribution in [-0.2, 0) is 11.2 Å². The number of hydrogen-bond donors (Lipinski definition) is 1. The van der Waals surface area contributed by atoms with Crippen molar-refractivity contribution >= 4 is 54.2 Å². The van der Waals surface area contributed by atoms with E-state index in [9.17, 15) is 4.79 Å². The lowest BCUT2D eigenvalue weighted by molar-refractivity contribution is -0.116. The number of piperidine rings is 1. The first-order valence-corrected chi connectivity index (χ1v) is 12.5. The number of thioether (sulfide) groups is 1. The second-order valence-electron chi connectivity index (χ2n) is 8.79. The predicted octanol–water partition coefficient (Wildman–Crippen LogP) is 5.48. The van der Waals surface area contributed by atoms with Gasteiger partial charge in [0.05, 0.1) is 21.8 Å². The number of unbranched alkanes of at least 4 members (excludes halogenated alkanes) is 1. The molecule has 1 saturated heterocycles. The van der Waals surface area contributed by atoms with Gasteiger partial charge >= 0.3 is 0 Å². The van der Waals surface area contributed by atoms with Crippen LogP contribution in [0.2, 0.25) is 0 Å². The highest BCUT2D eigenvalue weighted by Gasteiger charge is 2.20. The molecule has 1 fully saturated rings. The molecule has 2 aliphatic heterocycles. The molecule has 34 heavy (non-hydrogen) atoms. The van der Waals surface area contributed by atoms with Gasteiger partial charge in [-0.1, -0.05) is 48.2 Å². The number of carbonyl (C=O) groups excluding carboxylic acids is 1. The Morgan fingerprint density at radius 1 is 1.03 bits per heavy atom. The molecule has 0 unspecified atom stereocenters. The minimum atomic E-state index is 0. The second kappa shape index (κ2) is 12.6. The highest BCUT2D eigenvalue weighted by atomic mass is 35.5. The second-order valence-corrected chi connectivity index (χ2v) is 9.85. The van der Waals surface area contributed by atoms with Gasteiger partial charge in [-0.2, -0.15) is 0 Å². The molecule has 182 valence electrons. The zero-order chi connectivity index (χ0) is 21.8. The van der Waals surface area contributed by atoms with Gasteiger partial charge < -0.3 is 10.2 Å². The van der Waals surface area contributed by atoms with Gasteiger partial charge in [-0.15, -0.1) is 24.8 Å². The minimum absolute atomic E-state index is 0. The summed E-state index contributed by atoms with van der Waals surface area (Å²) in [5.74, 6) is 0.831. The lowest BCUT2D eigenvalue weighted by atomic mass is 9.90. The van der Waals surface area contributed by atoms with Gasteiger partial charge in [-0.25, -0.2) is 4.98 Å². The van der Waals surface area contributed by atoms with Gasteiger partial charge in [0.25, 0.3) is 5.91 Å². The number of halogens is 2. The van der Waals surface area contributed by atoms with Crippen molar-refractivity contribution in [2.75, 3.05) is 26.2 Å². The Morgan fingerprint density at radius 2 is 1.82 bits per heavy atom. The Labute approximate surface area is 218 Å². The van der Waals surface area contributed by atoms with E-state index in [2.05, 4.69) is 49.9 Å². The molecule has 0 radical (unpaired) electrons. The molecule has 4 heterocycles. The molecular formula is C26H32Cl2N4OS. The molecule has 0 saturated carbocycles. The van der Waals surface area contributed by atoms with Crippen LogP contribution in [0.25, 0.3) is 11.7 Å². The van der Waals surface area contributed by atoms with E-state index in [-0.39, 0.29) is 30.7 Å². The van der Waals surface area contributed by atoms with Crippen LogP contribution in [-0.4, -0.2) is 46.4 Å². The van der Waals surface area contributed by atoms with E-state index >= 15 is 0 Å². The highest BCUT2D eigenvalue weighted by molar-refractivity contribution is 8.04. The van der Waals surface area contributed by atoms with Crippen molar-refractivity contribution in [2.24, 2.45) is 5.92 Å². The van der Waals surface area contributed by atoms with Crippen LogP contribution in [0, 0.1) is 5.92 Å². The van der Waals surface area contributed by atoms with Gasteiger partial charge in [0.15, 0.2) is 0 Å². The average molecular weight is 520 g/mol. The number of likely N-dealkylation sites (tertiary alicyclic amines) is 1. The molecule has 2 aliphatic rings. The van der Waals surface area contributed by atoms with E-state index < -0.39 is 0 Å². The number of hydrogen-bond acceptors (Lipinski definition) is 4. The third-order valence-corrected chi connectivity index (χ3v) is 7.55. The Balaban J connectivity index is 0.00000162. The Hall–Kier alpha value is -1.99. The molecule has 1 N–H and O–H groups in total. The smallest absolute Gasteiger partial charge is 0.258 e. The molecule has 0 aliphatic carbocycles. The molecule has 3 aromatic rings. The number of amides is 1. The van der Waals surface area contributed by atoms with Crippen LogP contribution < -0.4 is 5.32 Å². The fourth-order valence-corrected chi connectivity index (χ4v) is 5.72. The monoisotopic (exact) mass is 518 g/mol. The summed E-state index contributed by atoms with van der Waals surface area (Å²) in [4.78, 5) is 20.4. The van der Waals surface area contributed by atoms with Crippen molar-refractivity contribution in [3.63, 3.8) is 0 Å². The summed E-state index contributed by atoms with van der Waals surface area (Å²) in [6.45, 7) is 4.26. The molecule has 1 aromatic carbocycles. The number of rotatable bonds is 8. The fraction of sp³-hybridized carbons (Fsp3) is 0.385. The van der Waals surface area contributed by atoms with E-state index in [0.717, 1.165) is 53.1 Å². The molecule has 0 atom stereocenters. The van der Waals surface area contributed by atoms with Gasteiger partial charge in [0.2, 0.25) is 0 Å². The lowest BCUT2D eigenvalue weighted by Crippen LogP contribution is -2.35. The number of nitrogens with zero attached hydrogens (tertiary/aromatic N) is 3. The summed E-state index contributed by atoms with van der Waals surface area (Å²) in [5, 5.41) is 4.14. The van der Waals surface area contributed by atoms with E-state index in [1.165, 1.54) is 49.7 Å². The third-order valence-electron chi connectivity index (χ3n) is 6.50. The average Bonchev–Trinajstić information content (AvgIpc) is 3.25. The molecule has 5 nitrogen and oxygen atoms in total. The molecule has 0 bridgehead atoms. The van der Waals surface area contributed by atoms with Gasteiger partial charge in [0, 0.05) is 6.54 Å². The zero-order valence-electron chi connectivity index (χ0n) is 19.2. The summed E-state index contributed by atoms with van der Waals surface area (Å²) >= 11 is 1.51. The molecule has 1 amide bonds. The maximum Gasteiger partial charge on any atom is 0.258 e. The van der Waals surface area contributed by atoms with E-state index in [1.54, 1.807) is 0 Å². The van der Waals surface area contributed by atoms with Gasteiger partial charge in [0.1, 0.15) is 5.65 Å². The number of carbonyl (C=O) groups is 1. The summed E-state index contributed by atoms with van der Waals surface area (Å²) in [7, 11) is 0. The zero-order valence-corrected chi connectivity index (χ0v) is 21.6. The maximum absolute atomic E-state index is 12.7. The van der Waals surface area contributed by atoms with Crippen molar-refractivity contribution < 1.29 is 4.79 Å². The summed E-state index contributed by atoms with van der Waals surface area (Å²) in [6.07, 6.45) is 9.70. The normalized spacial score (nSPS) is 15.8. The quantitative estimate of drug-likeness (QED) is 0.401. The Kier molecular flexibility index (Phi) is 9.89. The van der Waals surface area contributed by atoms with Crippen molar-refractivity contribution in [3.05, 3.63) is 70.9 Å². The molecular weight excluding hydrogens is 487 g/mol. The number of benzene rings is 1. The summed E-state index contributed by atoms with van der Waals surface area (Å²) in [6, 6.07) is 16.9. The Bertz CT molecular complexity index is 1110. The molecule has 5 rings (SSSR count). The topological polar surface area (TPSA) is 49.6 Å². The molecule has 0 spiro atoms. The minimum Gasteiger partial charge on any atom is -0.352 e. The first-order valence-electron chi connectivity index (χ1n) is 11.7. The van der Waals surface area contributed by atoms with Crippen molar-refractivity contribution in [2.45, 2.75) is 37.1 Å². The number of pyridine rings is 1. The van der Waals surface area contributed by atoms with Crippen LogP contribution in [0.4, 0.5) is 0 Å². The van der Waals surface area contributed by atoms with Crippen molar-refractivity contribution in [3.8, 4) is 0 Å². The maximum atomic E-state index is 12.7. The highest BCUT2D eigenvalue weighted by Crippen LogP contribution is 2.34. The van der Waals surface area contributed by atoms with Crippen molar-refractivity contribution in [1.82, 2.24) is 19.6 Å². The lowest BCUT2D eigenvalue weighted by Gasteiger charge is -2.32.